The maximum Gasteiger partial charge on any atom is 0.241 e. The molecule has 2 N–H and O–H groups in total. The number of halogens is 1. The van der Waals surface area contributed by atoms with Crippen molar-refractivity contribution in [2.45, 2.75) is 17.2 Å². The van der Waals surface area contributed by atoms with Crippen molar-refractivity contribution in [3.05, 3.63) is 78.0 Å². The number of nitrogens with two attached hydrogens (primary N) is 1. The van der Waals surface area contributed by atoms with Gasteiger partial charge in [-0.05, 0) is 23.1 Å². The van der Waals surface area contributed by atoms with Gasteiger partial charge in [-0.3, -0.25) is 10.1 Å². The maximum atomic E-state index is 11.9. The molecule has 8 heteroatoms. The van der Waals surface area contributed by atoms with Crippen molar-refractivity contribution in [3.8, 4) is 6.07 Å². The molecule has 1 aromatic carbocycles. The monoisotopic (exact) mass is 377 g/mol. The van der Waals surface area contributed by atoms with Crippen LogP contribution >= 0.6 is 34.7 Å². The fourth-order valence-corrected chi connectivity index (χ4v) is 5.35. The molecule has 0 radical (unpaired) electrons. The molecule has 24 heavy (non-hydrogen) atoms. The van der Waals surface area contributed by atoms with E-state index in [-0.39, 0.29) is 10.5 Å². The Morgan fingerprint density at radius 2 is 2.04 bits per heavy atom. The minimum atomic E-state index is -1.02. The summed E-state index contributed by atoms with van der Waals surface area (Å²) >= 11 is 8.89. The molecule has 122 valence electrons. The molecule has 1 aromatic heterocycles. The quantitative estimate of drug-likeness (QED) is 0.635. The van der Waals surface area contributed by atoms with Gasteiger partial charge in [-0.2, -0.15) is 5.26 Å². The van der Waals surface area contributed by atoms with Gasteiger partial charge in [-0.15, -0.1) is 11.3 Å². The smallest absolute Gasteiger partial charge is 0.241 e. The lowest BCUT2D eigenvalue weighted by Crippen LogP contribution is -2.37. The van der Waals surface area contributed by atoms with Crippen molar-refractivity contribution in [2.75, 3.05) is 0 Å². The zero-order valence-corrected chi connectivity index (χ0v) is 14.6. The predicted molar refractivity (Wildman–Crippen MR) is 96.5 cm³/mol. The number of nitrogens with zero attached hydrogens (tertiary/aromatic N) is 2. The highest BCUT2D eigenvalue weighted by molar-refractivity contribution is 8.03. The van der Waals surface area contributed by atoms with Crippen LogP contribution in [0.15, 0.2) is 52.4 Å². The summed E-state index contributed by atoms with van der Waals surface area (Å²) in [6, 6.07) is 11.6. The van der Waals surface area contributed by atoms with Gasteiger partial charge in [0.25, 0.3) is 0 Å². The Kier molecular flexibility index (Phi) is 4.81. The number of thiophene rings is 1. The van der Waals surface area contributed by atoms with Crippen LogP contribution in [0.25, 0.3) is 0 Å². The molecule has 2 heterocycles. The number of hydrogen-bond acceptors (Lipinski definition) is 6. The van der Waals surface area contributed by atoms with Crippen molar-refractivity contribution in [2.24, 2.45) is 5.73 Å². The van der Waals surface area contributed by atoms with E-state index in [9.17, 15) is 15.4 Å². The van der Waals surface area contributed by atoms with Crippen molar-refractivity contribution in [3.63, 3.8) is 0 Å². The van der Waals surface area contributed by atoms with Crippen molar-refractivity contribution < 1.29 is 4.92 Å². The predicted octanol–water partition coefficient (Wildman–Crippen LogP) is 4.31. The highest BCUT2D eigenvalue weighted by Crippen LogP contribution is 2.52. The lowest BCUT2D eigenvalue weighted by Gasteiger charge is -2.32. The van der Waals surface area contributed by atoms with Crippen LogP contribution in [0.2, 0.25) is 5.02 Å². The first-order valence-corrected chi connectivity index (χ1v) is 9.16. The summed E-state index contributed by atoms with van der Waals surface area (Å²) in [5.41, 5.74) is 6.85. The summed E-state index contributed by atoms with van der Waals surface area (Å²) in [7, 11) is 0. The van der Waals surface area contributed by atoms with Crippen molar-refractivity contribution in [1.29, 1.82) is 5.26 Å². The van der Waals surface area contributed by atoms with Gasteiger partial charge in [-0.1, -0.05) is 47.6 Å². The van der Waals surface area contributed by atoms with E-state index in [1.54, 1.807) is 24.3 Å². The first-order valence-electron chi connectivity index (χ1n) is 7.02. The van der Waals surface area contributed by atoms with Crippen LogP contribution in [0.1, 0.15) is 21.6 Å². The topological polar surface area (TPSA) is 93.0 Å². The summed E-state index contributed by atoms with van der Waals surface area (Å²) in [5, 5.41) is 23.6. The second-order valence-electron chi connectivity index (χ2n) is 5.22. The highest BCUT2D eigenvalue weighted by Gasteiger charge is 2.49. The molecule has 1 aliphatic heterocycles. The van der Waals surface area contributed by atoms with Crippen molar-refractivity contribution in [1.82, 2.24) is 0 Å². The Bertz CT molecular complexity index is 845. The van der Waals surface area contributed by atoms with Crippen LogP contribution in [0, 0.1) is 21.4 Å². The average Bonchev–Trinajstić information content (AvgIpc) is 3.08. The van der Waals surface area contributed by atoms with Gasteiger partial charge < -0.3 is 5.73 Å². The molecule has 1 aliphatic rings. The highest BCUT2D eigenvalue weighted by atomic mass is 35.5. The Morgan fingerprint density at radius 3 is 2.62 bits per heavy atom. The molecule has 0 bridgehead atoms. The standard InChI is InChI=1S/C16H12ClN3O2S2/c17-11-5-2-1-4-9(11)13-10(8-18)16(19)24-15(14(13)20(21)22)12-6-3-7-23-12/h1-7,13-15H,19H2/t13-,14-,15-/m1/s1. The first kappa shape index (κ1) is 16.8. The molecular weight excluding hydrogens is 366 g/mol. The van der Waals surface area contributed by atoms with Crippen LogP contribution in [0.4, 0.5) is 0 Å². The molecule has 0 amide bonds. The third-order valence-electron chi connectivity index (χ3n) is 3.91. The zero-order valence-electron chi connectivity index (χ0n) is 12.3. The molecule has 0 fully saturated rings. The Balaban J connectivity index is 2.21. The van der Waals surface area contributed by atoms with Crippen LogP contribution in [0.3, 0.4) is 0 Å². The van der Waals surface area contributed by atoms with Crippen LogP contribution < -0.4 is 5.73 Å². The van der Waals surface area contributed by atoms with Gasteiger partial charge in [0.15, 0.2) is 0 Å². The largest absolute Gasteiger partial charge is 0.393 e. The Morgan fingerprint density at radius 1 is 1.29 bits per heavy atom. The van der Waals surface area contributed by atoms with E-state index in [1.165, 1.54) is 23.1 Å². The van der Waals surface area contributed by atoms with Gasteiger partial charge in [0.05, 0.1) is 22.6 Å². The number of nitro groups is 1. The van der Waals surface area contributed by atoms with E-state index in [0.717, 1.165) is 4.88 Å². The average molecular weight is 378 g/mol. The zero-order chi connectivity index (χ0) is 17.3. The lowest BCUT2D eigenvalue weighted by molar-refractivity contribution is -0.525. The number of hydrogen-bond donors (Lipinski definition) is 1. The van der Waals surface area contributed by atoms with Gasteiger partial charge in [0.1, 0.15) is 5.25 Å². The van der Waals surface area contributed by atoms with E-state index in [4.69, 9.17) is 17.3 Å². The molecule has 0 saturated carbocycles. The third-order valence-corrected chi connectivity index (χ3v) is 6.62. The number of nitriles is 1. The molecule has 0 aliphatic carbocycles. The van der Waals surface area contributed by atoms with E-state index < -0.39 is 17.2 Å². The maximum absolute atomic E-state index is 11.9. The fraction of sp³-hybridized carbons (Fsp3) is 0.188. The Hall–Kier alpha value is -2.01. The molecule has 0 unspecified atom stereocenters. The number of thioether (sulfide) groups is 1. The molecule has 0 saturated heterocycles. The van der Waals surface area contributed by atoms with Crippen LogP contribution in [-0.4, -0.2) is 11.0 Å². The van der Waals surface area contributed by atoms with Gasteiger partial charge in [-0.25, -0.2) is 0 Å². The first-order chi connectivity index (χ1) is 11.5. The lowest BCUT2D eigenvalue weighted by atomic mass is 9.83. The van der Waals surface area contributed by atoms with Gasteiger partial charge >= 0.3 is 0 Å². The Labute approximate surface area is 151 Å². The second-order valence-corrected chi connectivity index (χ2v) is 7.79. The van der Waals surface area contributed by atoms with E-state index in [1.807, 2.05) is 17.5 Å². The summed E-state index contributed by atoms with van der Waals surface area (Å²) < 4.78 is 0. The van der Waals surface area contributed by atoms with E-state index in [0.29, 0.717) is 15.6 Å². The minimum absolute atomic E-state index is 0.211. The third kappa shape index (κ3) is 2.88. The minimum Gasteiger partial charge on any atom is -0.393 e. The van der Waals surface area contributed by atoms with Gasteiger partial charge in [0.2, 0.25) is 6.04 Å². The second kappa shape index (κ2) is 6.85. The summed E-state index contributed by atoms with van der Waals surface area (Å²) in [6.07, 6.45) is 0. The SMILES string of the molecule is N#CC1=C(N)S[C@H](c2cccs2)[C@H]([N+](=O)[O-])[C@@H]1c1ccccc1Cl. The molecule has 2 aromatic rings. The molecule has 0 spiro atoms. The summed E-state index contributed by atoms with van der Waals surface area (Å²) in [4.78, 5) is 12.4. The number of benzene rings is 1. The van der Waals surface area contributed by atoms with E-state index >= 15 is 0 Å². The molecule has 3 atom stereocenters. The normalized spacial score (nSPS) is 23.8. The molecule has 3 rings (SSSR count). The number of rotatable bonds is 3. The van der Waals surface area contributed by atoms with Crippen LogP contribution in [-0.2, 0) is 0 Å². The van der Waals surface area contributed by atoms with Crippen molar-refractivity contribution >= 4 is 34.7 Å². The van der Waals surface area contributed by atoms with Gasteiger partial charge in [0, 0.05) is 14.8 Å². The molecule has 5 nitrogen and oxygen atoms in total. The summed E-state index contributed by atoms with van der Waals surface area (Å²) in [6.45, 7) is 0. The van der Waals surface area contributed by atoms with Crippen LogP contribution in [0.5, 0.6) is 0 Å². The summed E-state index contributed by atoms with van der Waals surface area (Å²) in [5.74, 6) is -0.771. The molecular formula is C16H12ClN3O2S2. The van der Waals surface area contributed by atoms with E-state index in [2.05, 4.69) is 6.07 Å². The fourth-order valence-electron chi connectivity index (χ4n) is 2.87.